The summed E-state index contributed by atoms with van der Waals surface area (Å²) in [4.78, 5) is 151. The number of carbonyl (C=O) groups is 11. The Bertz CT molecular complexity index is 3400. The largest absolute Gasteiger partial charge is 0.508 e. The van der Waals surface area contributed by atoms with Crippen LogP contribution in [0, 0.1) is 5.92 Å². The zero-order chi connectivity index (χ0) is 77.9. The topological polar surface area (TPSA) is 622 Å². The van der Waals surface area contributed by atoms with Crippen molar-refractivity contribution in [2.45, 2.75) is 107 Å². The number of carboxylic acid groups (broad SMARTS) is 3. The van der Waals surface area contributed by atoms with Gasteiger partial charge in [-0.3, -0.25) is 76.9 Å². The van der Waals surface area contributed by atoms with Crippen LogP contribution in [0.3, 0.4) is 0 Å². The molecule has 0 unspecified atom stereocenters. The summed E-state index contributed by atoms with van der Waals surface area (Å²) in [5.41, 5.74) is 1.98. The van der Waals surface area contributed by atoms with Gasteiger partial charge in [0.2, 0.25) is 35.4 Å². The van der Waals surface area contributed by atoms with Crippen molar-refractivity contribution in [2.24, 2.45) is 5.92 Å². The Balaban J connectivity index is 1.31. The number of carbonyl (C=O) groups excluding carboxylic acids is 8. The molecule has 2 saturated heterocycles. The second kappa shape index (κ2) is 42.1. The molecule has 2 aliphatic rings. The molecule has 0 radical (unpaired) electrons. The minimum absolute atomic E-state index is 0.00903. The number of rotatable bonds is 37. The number of aromatic nitrogens is 3. The van der Waals surface area contributed by atoms with E-state index in [-0.39, 0.29) is 113 Å². The molecular weight excluding hydrogens is 1390 g/mol. The third kappa shape index (κ3) is 26.7. The number of amides is 8. The van der Waals surface area contributed by atoms with Crippen molar-refractivity contribution in [2.75, 3.05) is 138 Å². The summed E-state index contributed by atoms with van der Waals surface area (Å²) in [5, 5.41) is 175. The van der Waals surface area contributed by atoms with Crippen molar-refractivity contribution in [1.82, 2.24) is 76.5 Å². The third-order valence-corrected chi connectivity index (χ3v) is 17.4. The van der Waals surface area contributed by atoms with Gasteiger partial charge in [-0.1, -0.05) is 26.0 Å². The first-order valence-electron chi connectivity index (χ1n) is 33.7. The van der Waals surface area contributed by atoms with Crippen molar-refractivity contribution < 1.29 is 129 Å². The molecule has 2 aromatic carbocycles. The van der Waals surface area contributed by atoms with Gasteiger partial charge >= 0.3 is 17.9 Å². The molecule has 41 nitrogen and oxygen atoms in total. The molecule has 8 amide bonds. The molecule has 0 saturated carbocycles. The summed E-state index contributed by atoms with van der Waals surface area (Å²) in [6.45, 7) is -1.57. The number of aromatic hydroxyl groups is 2. The molecule has 22 N–H and O–H groups in total. The number of hydrogen-bond acceptors (Lipinski definition) is 29. The van der Waals surface area contributed by atoms with Crippen molar-refractivity contribution in [1.29, 1.82) is 0 Å². The minimum atomic E-state index is -2.55. The van der Waals surface area contributed by atoms with Gasteiger partial charge in [0.05, 0.1) is 58.0 Å². The number of phenols is 2. The Kier molecular flexibility index (Phi) is 34.6. The highest BCUT2D eigenvalue weighted by molar-refractivity contribution is 5.95. The Morgan fingerprint density at radius 2 is 0.962 bits per heavy atom. The van der Waals surface area contributed by atoms with Gasteiger partial charge in [0.1, 0.15) is 60.2 Å². The lowest BCUT2D eigenvalue weighted by Crippen LogP contribution is -2.59. The molecular formula is C64H97N15O26. The maximum absolute atomic E-state index is 14.4. The van der Waals surface area contributed by atoms with Crippen LogP contribution in [-0.2, 0) is 54.4 Å². The Morgan fingerprint density at radius 1 is 0.514 bits per heavy atom. The Hall–Kier alpha value is -9.21. The van der Waals surface area contributed by atoms with E-state index in [1.54, 1.807) is 37.3 Å². The van der Waals surface area contributed by atoms with E-state index in [2.05, 4.69) is 42.1 Å². The molecule has 3 heterocycles. The van der Waals surface area contributed by atoms with E-state index in [9.17, 15) is 129 Å². The molecule has 0 spiro atoms. The van der Waals surface area contributed by atoms with Gasteiger partial charge in [-0.25, -0.2) is 0 Å². The molecule has 0 aliphatic carbocycles. The van der Waals surface area contributed by atoms with Crippen molar-refractivity contribution in [3.05, 3.63) is 53.3 Å². The maximum atomic E-state index is 14.4. The quantitative estimate of drug-likeness (QED) is 0.0255. The highest BCUT2D eigenvalue weighted by atomic mass is 16.4. The summed E-state index contributed by atoms with van der Waals surface area (Å²) < 4.78 is 1.47. The smallest absolute Gasteiger partial charge is 0.317 e. The summed E-state index contributed by atoms with van der Waals surface area (Å²) in [6.07, 6.45) is -17.2. The van der Waals surface area contributed by atoms with Crippen LogP contribution in [0.1, 0.15) is 61.3 Å². The van der Waals surface area contributed by atoms with Crippen LogP contribution in [0.2, 0.25) is 0 Å². The van der Waals surface area contributed by atoms with Gasteiger partial charge in [0.15, 0.2) is 18.0 Å². The summed E-state index contributed by atoms with van der Waals surface area (Å²) in [6, 6.07) is 6.11. The molecule has 10 atom stereocenters. The second-order valence-electron chi connectivity index (χ2n) is 25.6. The van der Waals surface area contributed by atoms with E-state index in [1.165, 1.54) is 35.1 Å². The van der Waals surface area contributed by atoms with E-state index in [0.717, 1.165) is 5.56 Å². The molecule has 41 heteroatoms. The number of nitrogens with one attached hydrogen (secondary N) is 7. The molecule has 584 valence electrons. The number of aliphatic hydroxyl groups is 10. The number of carboxylic acids is 3. The lowest BCUT2D eigenvalue weighted by atomic mass is 9.90. The lowest BCUT2D eigenvalue weighted by Gasteiger charge is -2.35. The fraction of sp³-hybridized carbons (Fsp3) is 0.609. The standard InChI is InChI=1S/C64H97N15O26/c1-4-65-63(104)59-73-72-58(39-22-38(34(2)3)42(82)23-43(39)83)79(59)37-7-5-35(6-8-37)21-36-9-11-78(12-10-36)64(105)41(25-68-62(103)57(100)55(98)53(96)45(85)33-81)71-47(87)27-69-60(101)40(24-67-61(102)56(99)54(97)52(95)44(84)32-80)70-46(86)26-66-48(88)28-74-13-15-75(29-49(89)90)17-19-77(31-51(93)94)20-18-76(16-14-74)30-50(91)92/h5-8,22-23,34,36,40-41,44-45,52-57,80-85,95-100H,4,9-21,24-33H2,1-3H3,(H,65,104)(H,66,88)(H,67,102)(H,68,103)(H,69,101)(H,70,86)(H,71,87)(H,89,90)(H,91,92)(H,93,94)/t40-,41-,44+,45+,52+,53+,54-,55-,56+,57+/m0/s1. The molecule has 2 aliphatic heterocycles. The highest BCUT2D eigenvalue weighted by Gasteiger charge is 2.38. The number of phenolic OH excluding ortho intramolecular Hbond substituents is 2. The van der Waals surface area contributed by atoms with Crippen LogP contribution in [0.4, 0.5) is 0 Å². The summed E-state index contributed by atoms with van der Waals surface area (Å²) in [7, 11) is 0. The first kappa shape index (κ1) is 86.4. The SMILES string of the molecule is CCNC(=O)c1nnc(-c2cc(C(C)C)c(O)cc2O)n1-c1ccc(CC2CCN(C(=O)[C@H](CNC(=O)[C@H](O)[C@@H](O)[C@H](O)[C@H](O)CO)NC(=O)CNC(=O)[C@H](CNC(=O)[C@H](O)[C@@H](O)[C@H](O)[C@H](O)CO)NC(=O)CNC(=O)CN3CCN(CC(=O)O)CCN(CC(=O)O)CCN(CC(=O)O)CC3)CC2)cc1. The molecule has 1 aromatic heterocycles. The zero-order valence-corrected chi connectivity index (χ0v) is 58.1. The van der Waals surface area contributed by atoms with Gasteiger partial charge in [-0.15, -0.1) is 10.2 Å². The van der Waals surface area contributed by atoms with Crippen LogP contribution in [0.15, 0.2) is 36.4 Å². The number of nitrogens with zero attached hydrogens (tertiary/aromatic N) is 8. The Labute approximate surface area is 601 Å². The molecule has 0 bridgehead atoms. The van der Waals surface area contributed by atoms with Gasteiger partial charge in [-0.05, 0) is 67.3 Å². The number of piperidine rings is 1. The van der Waals surface area contributed by atoms with Crippen LogP contribution in [-0.4, -0.2) is 380 Å². The second-order valence-corrected chi connectivity index (χ2v) is 25.6. The number of aliphatic carboxylic acids is 3. The van der Waals surface area contributed by atoms with Gasteiger partial charge in [-0.2, -0.15) is 0 Å². The lowest BCUT2D eigenvalue weighted by molar-refractivity contribution is -0.149. The van der Waals surface area contributed by atoms with Crippen LogP contribution >= 0.6 is 0 Å². The monoisotopic (exact) mass is 1490 g/mol. The Morgan fingerprint density at radius 3 is 1.41 bits per heavy atom. The third-order valence-electron chi connectivity index (χ3n) is 17.4. The number of benzene rings is 2. The fourth-order valence-electron chi connectivity index (χ4n) is 11.4. The zero-order valence-electron chi connectivity index (χ0n) is 58.1. The van der Waals surface area contributed by atoms with E-state index in [1.807, 2.05) is 19.2 Å². The molecule has 3 aromatic rings. The first-order chi connectivity index (χ1) is 49.7. The summed E-state index contributed by atoms with van der Waals surface area (Å²) >= 11 is 0. The number of likely N-dealkylation sites (tertiary alicyclic amines) is 1. The minimum Gasteiger partial charge on any atom is -0.508 e. The molecule has 5 rings (SSSR count). The van der Waals surface area contributed by atoms with Crippen molar-refractivity contribution in [3.8, 4) is 28.6 Å². The first-order valence-corrected chi connectivity index (χ1v) is 33.7. The van der Waals surface area contributed by atoms with E-state index in [4.69, 9.17) is 0 Å². The van der Waals surface area contributed by atoms with E-state index >= 15 is 0 Å². The maximum Gasteiger partial charge on any atom is 0.317 e. The highest BCUT2D eigenvalue weighted by Crippen LogP contribution is 2.38. The molecule has 2 fully saturated rings. The average Bonchev–Trinajstić information content (AvgIpc) is 1.66. The van der Waals surface area contributed by atoms with Crippen molar-refractivity contribution >= 4 is 65.2 Å². The van der Waals surface area contributed by atoms with Crippen molar-refractivity contribution in [3.63, 3.8) is 0 Å². The predicted octanol–water partition coefficient (Wildman–Crippen LogP) is -10.2. The van der Waals surface area contributed by atoms with E-state index in [0.29, 0.717) is 30.5 Å². The number of aliphatic hydroxyl groups excluding tert-OH is 10. The predicted molar refractivity (Wildman–Crippen MR) is 362 cm³/mol. The summed E-state index contributed by atoms with van der Waals surface area (Å²) in [5.74, 6) is -12.9. The van der Waals surface area contributed by atoms with Crippen LogP contribution in [0.5, 0.6) is 11.5 Å². The van der Waals surface area contributed by atoms with Gasteiger partial charge in [0.25, 0.3) is 17.7 Å². The van der Waals surface area contributed by atoms with Gasteiger partial charge in [0, 0.05) is 96.8 Å². The normalized spacial score (nSPS) is 17.7. The van der Waals surface area contributed by atoms with Gasteiger partial charge < -0.3 is 119 Å². The van der Waals surface area contributed by atoms with Crippen LogP contribution in [0.25, 0.3) is 17.1 Å². The van der Waals surface area contributed by atoms with E-state index < -0.39 is 192 Å². The van der Waals surface area contributed by atoms with Crippen LogP contribution < -0.4 is 37.2 Å². The average molecular weight is 1490 g/mol. The fourth-order valence-corrected chi connectivity index (χ4v) is 11.4. The molecule has 105 heavy (non-hydrogen) atoms. The number of hydrogen-bond donors (Lipinski definition) is 22.